The summed E-state index contributed by atoms with van der Waals surface area (Å²) in [6.07, 6.45) is 0. The van der Waals surface area contributed by atoms with E-state index in [9.17, 15) is 8.78 Å². The van der Waals surface area contributed by atoms with E-state index in [-0.39, 0.29) is 11.4 Å². The molecule has 108 valence electrons. The first kappa shape index (κ1) is 13.9. The van der Waals surface area contributed by atoms with Gasteiger partial charge in [-0.25, -0.2) is 8.78 Å². The number of aromatic amines is 1. The molecule has 0 radical (unpaired) electrons. The highest BCUT2D eigenvalue weighted by Crippen LogP contribution is 2.28. The lowest BCUT2D eigenvalue weighted by molar-refractivity contribution is 0.590. The number of H-pyrrole nitrogens is 1. The van der Waals surface area contributed by atoms with E-state index in [2.05, 4.69) is 18.8 Å². The SMILES string of the molecule is CC(C)c1ccccc1-n1c(=S)[nH]c2c(F)cc(F)cc21. The molecule has 1 aromatic heterocycles. The van der Waals surface area contributed by atoms with E-state index in [4.69, 9.17) is 12.2 Å². The molecular weight excluding hydrogens is 290 g/mol. The third-order valence-electron chi connectivity index (χ3n) is 3.51. The van der Waals surface area contributed by atoms with E-state index < -0.39 is 11.6 Å². The van der Waals surface area contributed by atoms with Gasteiger partial charge in [0.25, 0.3) is 0 Å². The Hall–Kier alpha value is -2.01. The summed E-state index contributed by atoms with van der Waals surface area (Å²) in [6.45, 7) is 4.14. The van der Waals surface area contributed by atoms with Crippen LogP contribution in [0.5, 0.6) is 0 Å². The number of benzene rings is 2. The highest BCUT2D eigenvalue weighted by atomic mass is 32.1. The number of nitrogens with one attached hydrogen (secondary N) is 1. The zero-order valence-corrected chi connectivity index (χ0v) is 12.5. The van der Waals surface area contributed by atoms with Crippen LogP contribution >= 0.6 is 12.2 Å². The first-order valence-corrected chi connectivity index (χ1v) is 7.09. The Bertz CT molecular complexity index is 878. The van der Waals surface area contributed by atoms with Crippen molar-refractivity contribution < 1.29 is 8.78 Å². The number of imidazole rings is 1. The van der Waals surface area contributed by atoms with E-state index in [1.165, 1.54) is 6.07 Å². The third-order valence-corrected chi connectivity index (χ3v) is 3.79. The molecule has 0 atom stereocenters. The number of fused-ring (bicyclic) bond motifs is 1. The number of aromatic nitrogens is 2. The Morgan fingerprint density at radius 2 is 1.86 bits per heavy atom. The number of nitrogens with zero attached hydrogens (tertiary/aromatic N) is 1. The lowest BCUT2D eigenvalue weighted by Gasteiger charge is -2.14. The minimum absolute atomic E-state index is 0.222. The molecule has 0 saturated heterocycles. The van der Waals surface area contributed by atoms with Crippen molar-refractivity contribution in [1.82, 2.24) is 9.55 Å². The van der Waals surface area contributed by atoms with Crippen molar-refractivity contribution in [3.05, 3.63) is 58.4 Å². The van der Waals surface area contributed by atoms with E-state index >= 15 is 0 Å². The van der Waals surface area contributed by atoms with Gasteiger partial charge in [-0.05, 0) is 29.8 Å². The van der Waals surface area contributed by atoms with Crippen LogP contribution in [-0.2, 0) is 0 Å². The monoisotopic (exact) mass is 304 g/mol. The molecule has 1 heterocycles. The van der Waals surface area contributed by atoms with Gasteiger partial charge in [0.2, 0.25) is 0 Å². The maximum absolute atomic E-state index is 13.9. The average Bonchev–Trinajstić information content (AvgIpc) is 2.75. The van der Waals surface area contributed by atoms with Gasteiger partial charge < -0.3 is 4.98 Å². The normalized spacial score (nSPS) is 11.5. The van der Waals surface area contributed by atoms with Gasteiger partial charge in [0.1, 0.15) is 11.3 Å². The second-order valence-electron chi connectivity index (χ2n) is 5.26. The van der Waals surface area contributed by atoms with Gasteiger partial charge in [-0.1, -0.05) is 32.0 Å². The molecule has 1 N–H and O–H groups in total. The highest BCUT2D eigenvalue weighted by Gasteiger charge is 2.15. The van der Waals surface area contributed by atoms with Gasteiger partial charge in [0.15, 0.2) is 10.6 Å². The maximum atomic E-state index is 13.9. The van der Waals surface area contributed by atoms with Gasteiger partial charge in [-0.15, -0.1) is 0 Å². The lowest BCUT2D eigenvalue weighted by Crippen LogP contribution is -2.01. The maximum Gasteiger partial charge on any atom is 0.182 e. The lowest BCUT2D eigenvalue weighted by atomic mass is 10.0. The molecule has 0 amide bonds. The third kappa shape index (κ3) is 2.27. The number of halogens is 2. The fraction of sp³-hybridized carbons (Fsp3) is 0.188. The Morgan fingerprint density at radius 1 is 1.14 bits per heavy atom. The van der Waals surface area contributed by atoms with Crippen molar-refractivity contribution in [3.63, 3.8) is 0 Å². The molecule has 0 aliphatic heterocycles. The van der Waals surface area contributed by atoms with Crippen LogP contribution in [0.3, 0.4) is 0 Å². The van der Waals surface area contributed by atoms with Crippen molar-refractivity contribution in [3.8, 4) is 5.69 Å². The van der Waals surface area contributed by atoms with Crippen molar-refractivity contribution >= 4 is 23.3 Å². The average molecular weight is 304 g/mol. The zero-order chi connectivity index (χ0) is 15.1. The number of hydrogen-bond donors (Lipinski definition) is 1. The molecule has 3 aromatic rings. The minimum atomic E-state index is -0.642. The number of hydrogen-bond acceptors (Lipinski definition) is 1. The van der Waals surface area contributed by atoms with Crippen LogP contribution in [0.25, 0.3) is 16.7 Å². The second kappa shape index (κ2) is 5.07. The molecule has 5 heteroatoms. The van der Waals surface area contributed by atoms with E-state index in [1.54, 1.807) is 4.57 Å². The smallest absolute Gasteiger partial charge is 0.182 e. The molecule has 2 nitrogen and oxygen atoms in total. The van der Waals surface area contributed by atoms with E-state index in [0.717, 1.165) is 17.3 Å². The van der Waals surface area contributed by atoms with Crippen LogP contribution in [0.1, 0.15) is 25.3 Å². The summed E-state index contributed by atoms with van der Waals surface area (Å²) in [5.74, 6) is -0.992. The first-order chi connectivity index (χ1) is 9.99. The summed E-state index contributed by atoms with van der Waals surface area (Å²) in [5, 5.41) is 0. The molecule has 2 aromatic carbocycles. The van der Waals surface area contributed by atoms with Crippen molar-refractivity contribution in [2.75, 3.05) is 0 Å². The van der Waals surface area contributed by atoms with Crippen LogP contribution in [0.4, 0.5) is 8.78 Å². The topological polar surface area (TPSA) is 20.7 Å². The van der Waals surface area contributed by atoms with Crippen LogP contribution in [0.15, 0.2) is 36.4 Å². The Labute approximate surface area is 126 Å². The number of rotatable bonds is 2. The summed E-state index contributed by atoms with van der Waals surface area (Å²) < 4.78 is 29.5. The van der Waals surface area contributed by atoms with Crippen molar-refractivity contribution in [2.24, 2.45) is 0 Å². The van der Waals surface area contributed by atoms with Crippen molar-refractivity contribution in [2.45, 2.75) is 19.8 Å². The molecule has 0 unspecified atom stereocenters. The van der Waals surface area contributed by atoms with Gasteiger partial charge in [0, 0.05) is 12.1 Å². The fourth-order valence-electron chi connectivity index (χ4n) is 2.55. The molecule has 0 aliphatic carbocycles. The highest BCUT2D eigenvalue weighted by molar-refractivity contribution is 7.71. The van der Waals surface area contributed by atoms with Crippen LogP contribution in [0, 0.1) is 16.4 Å². The zero-order valence-electron chi connectivity index (χ0n) is 11.7. The van der Waals surface area contributed by atoms with Gasteiger partial charge in [-0.2, -0.15) is 0 Å². The molecule has 0 aliphatic rings. The largest absolute Gasteiger partial charge is 0.328 e. The summed E-state index contributed by atoms with van der Waals surface area (Å²) in [6, 6.07) is 9.88. The van der Waals surface area contributed by atoms with Crippen molar-refractivity contribution in [1.29, 1.82) is 0 Å². The predicted molar refractivity (Wildman–Crippen MR) is 82.5 cm³/mol. The molecule has 0 bridgehead atoms. The van der Waals surface area contributed by atoms with Gasteiger partial charge in [-0.3, -0.25) is 4.57 Å². The summed E-state index contributed by atoms with van der Waals surface area (Å²) in [4.78, 5) is 2.82. The quantitative estimate of drug-likeness (QED) is 0.654. The summed E-state index contributed by atoms with van der Waals surface area (Å²) in [5.41, 5.74) is 2.54. The molecule has 3 rings (SSSR count). The Balaban J connectivity index is 2.41. The predicted octanol–water partition coefficient (Wildman–Crippen LogP) is 5.09. The molecule has 21 heavy (non-hydrogen) atoms. The standard InChI is InChI=1S/C16H14F2N2S/c1-9(2)11-5-3-4-6-13(11)20-14-8-10(17)7-12(18)15(14)19-16(20)21/h3-9H,1-2H3,(H,19,21). The Morgan fingerprint density at radius 3 is 2.57 bits per heavy atom. The molecule has 0 fully saturated rings. The summed E-state index contributed by atoms with van der Waals surface area (Å²) >= 11 is 5.30. The van der Waals surface area contributed by atoms with Gasteiger partial charge >= 0.3 is 0 Å². The van der Waals surface area contributed by atoms with E-state index in [1.807, 2.05) is 24.3 Å². The number of para-hydroxylation sites is 1. The van der Waals surface area contributed by atoms with Crippen LogP contribution < -0.4 is 0 Å². The molecular formula is C16H14F2N2S. The second-order valence-corrected chi connectivity index (χ2v) is 5.65. The Kier molecular flexibility index (Phi) is 3.37. The van der Waals surface area contributed by atoms with Crippen LogP contribution in [-0.4, -0.2) is 9.55 Å². The first-order valence-electron chi connectivity index (χ1n) is 6.68. The van der Waals surface area contributed by atoms with Gasteiger partial charge in [0.05, 0.1) is 11.2 Å². The van der Waals surface area contributed by atoms with E-state index in [0.29, 0.717) is 10.3 Å². The molecule has 0 saturated carbocycles. The molecule has 0 spiro atoms. The summed E-state index contributed by atoms with van der Waals surface area (Å²) in [7, 11) is 0. The van der Waals surface area contributed by atoms with Crippen LogP contribution in [0.2, 0.25) is 0 Å². The fourth-order valence-corrected chi connectivity index (χ4v) is 2.85. The minimum Gasteiger partial charge on any atom is -0.328 e.